The van der Waals surface area contributed by atoms with Gasteiger partial charge in [-0.2, -0.15) is 11.8 Å². The van der Waals surface area contributed by atoms with Crippen LogP contribution in [-0.2, 0) is 0 Å². The predicted molar refractivity (Wildman–Crippen MR) is 49.7 cm³/mol. The molecule has 3 heteroatoms. The minimum Gasteiger partial charge on any atom is -0.394 e. The predicted octanol–water partition coefficient (Wildman–Crippen LogP) is 0.839. The Morgan fingerprint density at radius 2 is 2.45 bits per heavy atom. The van der Waals surface area contributed by atoms with E-state index < -0.39 is 0 Å². The summed E-state index contributed by atoms with van der Waals surface area (Å²) in [6.07, 6.45) is 2.06. The zero-order valence-electron chi connectivity index (χ0n) is 7.05. The second-order valence-corrected chi connectivity index (χ2v) is 4.46. The standard InChI is InChI=1S/C8H17NOS/c1-2-8(9,6-10)7-3-4-11-5-7/h7,10H,2-6,9H2,1H3. The average molecular weight is 175 g/mol. The van der Waals surface area contributed by atoms with Gasteiger partial charge < -0.3 is 10.8 Å². The summed E-state index contributed by atoms with van der Waals surface area (Å²) in [5, 5.41) is 9.11. The van der Waals surface area contributed by atoms with E-state index in [1.807, 2.05) is 11.8 Å². The van der Waals surface area contributed by atoms with Crippen molar-refractivity contribution < 1.29 is 5.11 Å². The van der Waals surface area contributed by atoms with Crippen LogP contribution in [0.4, 0.5) is 0 Å². The minimum atomic E-state index is -0.302. The maximum atomic E-state index is 9.11. The summed E-state index contributed by atoms with van der Waals surface area (Å²) in [5.41, 5.74) is 5.74. The molecule has 3 N–H and O–H groups in total. The normalized spacial score (nSPS) is 30.3. The molecule has 2 nitrogen and oxygen atoms in total. The second kappa shape index (κ2) is 3.78. The summed E-state index contributed by atoms with van der Waals surface area (Å²) in [5.74, 6) is 2.87. The monoisotopic (exact) mass is 175 g/mol. The minimum absolute atomic E-state index is 0.134. The van der Waals surface area contributed by atoms with Crippen molar-refractivity contribution >= 4 is 11.8 Å². The highest BCUT2D eigenvalue weighted by Crippen LogP contribution is 2.32. The molecule has 0 aliphatic carbocycles. The molecule has 0 radical (unpaired) electrons. The van der Waals surface area contributed by atoms with Crippen molar-refractivity contribution in [3.8, 4) is 0 Å². The van der Waals surface area contributed by atoms with Gasteiger partial charge in [0.05, 0.1) is 6.61 Å². The molecular weight excluding hydrogens is 158 g/mol. The zero-order valence-corrected chi connectivity index (χ0v) is 7.86. The van der Waals surface area contributed by atoms with Crippen LogP contribution in [0, 0.1) is 5.92 Å². The number of hydrogen-bond donors (Lipinski definition) is 2. The molecule has 11 heavy (non-hydrogen) atoms. The molecule has 2 atom stereocenters. The molecule has 0 spiro atoms. The van der Waals surface area contributed by atoms with Crippen LogP contribution >= 0.6 is 11.8 Å². The van der Waals surface area contributed by atoms with E-state index in [1.54, 1.807) is 0 Å². The molecule has 1 aliphatic rings. The average Bonchev–Trinajstić information content (AvgIpc) is 2.55. The third-order valence-electron chi connectivity index (χ3n) is 2.70. The van der Waals surface area contributed by atoms with E-state index in [2.05, 4.69) is 6.92 Å². The van der Waals surface area contributed by atoms with Crippen LogP contribution in [0.3, 0.4) is 0 Å². The molecule has 0 aromatic rings. The van der Waals surface area contributed by atoms with Crippen LogP contribution in [0.1, 0.15) is 19.8 Å². The first-order valence-corrected chi connectivity index (χ1v) is 5.36. The zero-order chi connectivity index (χ0) is 8.32. The van der Waals surface area contributed by atoms with Crippen molar-refractivity contribution in [2.75, 3.05) is 18.1 Å². The van der Waals surface area contributed by atoms with Crippen LogP contribution in [-0.4, -0.2) is 28.8 Å². The van der Waals surface area contributed by atoms with E-state index in [0.29, 0.717) is 5.92 Å². The molecule has 0 aromatic heterocycles. The van der Waals surface area contributed by atoms with Crippen LogP contribution < -0.4 is 5.73 Å². The molecule has 1 fully saturated rings. The number of rotatable bonds is 3. The number of aliphatic hydroxyl groups excluding tert-OH is 1. The van der Waals surface area contributed by atoms with Crippen molar-refractivity contribution in [2.45, 2.75) is 25.3 Å². The first-order valence-electron chi connectivity index (χ1n) is 4.20. The van der Waals surface area contributed by atoms with E-state index in [9.17, 15) is 0 Å². The lowest BCUT2D eigenvalue weighted by molar-refractivity contribution is 0.145. The van der Waals surface area contributed by atoms with Crippen molar-refractivity contribution in [1.29, 1.82) is 0 Å². The smallest absolute Gasteiger partial charge is 0.0614 e. The Hall–Kier alpha value is 0.270. The van der Waals surface area contributed by atoms with Gasteiger partial charge >= 0.3 is 0 Å². The topological polar surface area (TPSA) is 46.2 Å². The van der Waals surface area contributed by atoms with Crippen molar-refractivity contribution in [2.24, 2.45) is 11.7 Å². The molecule has 0 saturated carbocycles. The molecule has 1 heterocycles. The fourth-order valence-electron chi connectivity index (χ4n) is 1.52. The first-order chi connectivity index (χ1) is 5.23. The Morgan fingerprint density at radius 1 is 1.73 bits per heavy atom. The molecule has 0 bridgehead atoms. The number of aliphatic hydroxyl groups is 1. The van der Waals surface area contributed by atoms with Gasteiger partial charge in [0, 0.05) is 5.54 Å². The highest BCUT2D eigenvalue weighted by Gasteiger charge is 2.34. The van der Waals surface area contributed by atoms with Gasteiger partial charge in [-0.1, -0.05) is 6.92 Å². The number of hydrogen-bond acceptors (Lipinski definition) is 3. The largest absolute Gasteiger partial charge is 0.394 e. The summed E-state index contributed by atoms with van der Waals surface area (Å²) in [4.78, 5) is 0. The van der Waals surface area contributed by atoms with E-state index in [4.69, 9.17) is 10.8 Å². The maximum absolute atomic E-state index is 9.11. The third kappa shape index (κ3) is 1.89. The Labute approximate surface area is 72.5 Å². The summed E-state index contributed by atoms with van der Waals surface area (Å²) >= 11 is 1.95. The van der Waals surface area contributed by atoms with Crippen molar-refractivity contribution in [3.63, 3.8) is 0 Å². The third-order valence-corrected chi connectivity index (χ3v) is 3.86. The summed E-state index contributed by atoms with van der Waals surface area (Å²) in [6.45, 7) is 2.19. The van der Waals surface area contributed by atoms with Gasteiger partial charge in [0.15, 0.2) is 0 Å². The van der Waals surface area contributed by atoms with Crippen molar-refractivity contribution in [3.05, 3.63) is 0 Å². The molecule has 1 saturated heterocycles. The van der Waals surface area contributed by atoms with Gasteiger partial charge in [-0.15, -0.1) is 0 Å². The fraction of sp³-hybridized carbons (Fsp3) is 1.00. The lowest BCUT2D eigenvalue weighted by Gasteiger charge is -2.31. The van der Waals surface area contributed by atoms with Crippen LogP contribution in [0.25, 0.3) is 0 Å². The Kier molecular flexibility index (Phi) is 3.22. The van der Waals surface area contributed by atoms with E-state index in [0.717, 1.165) is 12.2 Å². The maximum Gasteiger partial charge on any atom is 0.0614 e. The van der Waals surface area contributed by atoms with Crippen LogP contribution in [0.5, 0.6) is 0 Å². The van der Waals surface area contributed by atoms with E-state index in [-0.39, 0.29) is 12.1 Å². The van der Waals surface area contributed by atoms with Crippen LogP contribution in [0.2, 0.25) is 0 Å². The second-order valence-electron chi connectivity index (χ2n) is 3.31. The lowest BCUT2D eigenvalue weighted by atomic mass is 9.83. The highest BCUT2D eigenvalue weighted by atomic mass is 32.2. The lowest BCUT2D eigenvalue weighted by Crippen LogP contribution is -2.50. The molecule has 1 rings (SSSR count). The first kappa shape index (κ1) is 9.36. The number of thioether (sulfide) groups is 1. The summed E-state index contributed by atoms with van der Waals surface area (Å²) in [6, 6.07) is 0. The summed E-state index contributed by atoms with van der Waals surface area (Å²) < 4.78 is 0. The molecule has 0 aromatic carbocycles. The SMILES string of the molecule is CCC(N)(CO)C1CCSC1. The highest BCUT2D eigenvalue weighted by molar-refractivity contribution is 7.99. The van der Waals surface area contributed by atoms with Gasteiger partial charge in [-0.25, -0.2) is 0 Å². The van der Waals surface area contributed by atoms with Gasteiger partial charge in [0.2, 0.25) is 0 Å². The van der Waals surface area contributed by atoms with E-state index >= 15 is 0 Å². The molecule has 1 aliphatic heterocycles. The van der Waals surface area contributed by atoms with Gasteiger partial charge in [0.1, 0.15) is 0 Å². The van der Waals surface area contributed by atoms with Gasteiger partial charge in [-0.3, -0.25) is 0 Å². The number of nitrogens with two attached hydrogens (primary N) is 1. The fourth-order valence-corrected chi connectivity index (χ4v) is 2.92. The molecule has 66 valence electrons. The molecule has 0 amide bonds. The van der Waals surface area contributed by atoms with Gasteiger partial charge in [0.25, 0.3) is 0 Å². The van der Waals surface area contributed by atoms with Gasteiger partial charge in [-0.05, 0) is 30.3 Å². The van der Waals surface area contributed by atoms with E-state index in [1.165, 1.54) is 12.2 Å². The van der Waals surface area contributed by atoms with Crippen molar-refractivity contribution in [1.82, 2.24) is 0 Å². The summed E-state index contributed by atoms with van der Waals surface area (Å²) in [7, 11) is 0. The quantitative estimate of drug-likeness (QED) is 0.668. The Bertz CT molecular complexity index is 119. The molecule has 2 unspecified atom stereocenters. The van der Waals surface area contributed by atoms with Crippen LogP contribution in [0.15, 0.2) is 0 Å². The Morgan fingerprint density at radius 3 is 2.82 bits per heavy atom. The Balaban J connectivity index is 2.52. The molecular formula is C8H17NOS.